The van der Waals surface area contributed by atoms with E-state index in [1.165, 1.54) is 7.11 Å². The summed E-state index contributed by atoms with van der Waals surface area (Å²) in [5.41, 5.74) is 0.992. The molecule has 1 aliphatic heterocycles. The van der Waals surface area contributed by atoms with Gasteiger partial charge in [-0.15, -0.1) is 0 Å². The van der Waals surface area contributed by atoms with Gasteiger partial charge in [0, 0.05) is 12.3 Å². The molecule has 1 amide bonds. The summed E-state index contributed by atoms with van der Waals surface area (Å²) in [5, 5.41) is 5.98. The molecular formula is C16H22N2O3. The molecule has 2 N–H and O–H groups in total. The minimum absolute atomic E-state index is 0.0900. The zero-order valence-electron chi connectivity index (χ0n) is 12.5. The van der Waals surface area contributed by atoms with Gasteiger partial charge in [0.1, 0.15) is 6.04 Å². The van der Waals surface area contributed by atoms with E-state index in [2.05, 4.69) is 10.6 Å². The summed E-state index contributed by atoms with van der Waals surface area (Å²) in [6, 6.07) is 8.96. The van der Waals surface area contributed by atoms with Crippen molar-refractivity contribution in [3.63, 3.8) is 0 Å². The lowest BCUT2D eigenvalue weighted by atomic mass is 9.88. The third-order valence-electron chi connectivity index (χ3n) is 4.02. The van der Waals surface area contributed by atoms with Crippen molar-refractivity contribution in [3.8, 4) is 0 Å². The van der Waals surface area contributed by atoms with Gasteiger partial charge in [0.05, 0.1) is 7.11 Å². The van der Waals surface area contributed by atoms with Gasteiger partial charge in [-0.1, -0.05) is 37.3 Å². The zero-order valence-corrected chi connectivity index (χ0v) is 12.5. The molecule has 2 rings (SSSR count). The summed E-state index contributed by atoms with van der Waals surface area (Å²) in [7, 11) is 1.34. The second-order valence-electron chi connectivity index (χ2n) is 5.48. The van der Waals surface area contributed by atoms with E-state index in [1.807, 2.05) is 37.3 Å². The summed E-state index contributed by atoms with van der Waals surface area (Å²) >= 11 is 0. The lowest BCUT2D eigenvalue weighted by molar-refractivity contribution is -0.145. The van der Waals surface area contributed by atoms with Gasteiger partial charge in [-0.2, -0.15) is 0 Å². The highest BCUT2D eigenvalue weighted by atomic mass is 16.5. The molecule has 1 saturated heterocycles. The Labute approximate surface area is 125 Å². The Morgan fingerprint density at radius 3 is 2.52 bits per heavy atom. The van der Waals surface area contributed by atoms with Gasteiger partial charge in [0.25, 0.3) is 0 Å². The standard InChI is InChI=1S/C16H22N2O3/c1-11(13-9-17-10-13)15(19)18-14(16(20)21-2)8-12-6-4-3-5-7-12/h3-7,11,13-14,17H,8-10H2,1-2H3,(H,18,19). The van der Waals surface area contributed by atoms with E-state index in [-0.39, 0.29) is 11.8 Å². The first-order valence-electron chi connectivity index (χ1n) is 7.24. The monoisotopic (exact) mass is 290 g/mol. The highest BCUT2D eigenvalue weighted by molar-refractivity contribution is 5.86. The van der Waals surface area contributed by atoms with Crippen molar-refractivity contribution in [1.29, 1.82) is 0 Å². The second-order valence-corrected chi connectivity index (χ2v) is 5.48. The molecule has 2 atom stereocenters. The summed E-state index contributed by atoms with van der Waals surface area (Å²) < 4.78 is 4.80. The third-order valence-corrected chi connectivity index (χ3v) is 4.02. The highest BCUT2D eigenvalue weighted by Gasteiger charge is 2.31. The lowest BCUT2D eigenvalue weighted by Gasteiger charge is -2.32. The van der Waals surface area contributed by atoms with Gasteiger partial charge in [0.15, 0.2) is 0 Å². The van der Waals surface area contributed by atoms with Crippen LogP contribution in [0.25, 0.3) is 0 Å². The molecule has 0 spiro atoms. The van der Waals surface area contributed by atoms with Crippen LogP contribution in [-0.4, -0.2) is 38.1 Å². The van der Waals surface area contributed by atoms with Crippen molar-refractivity contribution >= 4 is 11.9 Å². The number of amides is 1. The van der Waals surface area contributed by atoms with Crippen LogP contribution in [0.5, 0.6) is 0 Å². The Morgan fingerprint density at radius 2 is 2.00 bits per heavy atom. The molecule has 0 aromatic heterocycles. The largest absolute Gasteiger partial charge is 0.467 e. The molecule has 5 nitrogen and oxygen atoms in total. The average Bonchev–Trinajstić information content (AvgIpc) is 2.44. The highest BCUT2D eigenvalue weighted by Crippen LogP contribution is 2.16. The molecule has 1 heterocycles. The molecule has 0 bridgehead atoms. The number of hydrogen-bond acceptors (Lipinski definition) is 4. The predicted octanol–water partition coefficient (Wildman–Crippen LogP) is 0.742. The van der Waals surface area contributed by atoms with Crippen LogP contribution in [0.2, 0.25) is 0 Å². The van der Waals surface area contributed by atoms with Gasteiger partial charge in [-0.05, 0) is 24.6 Å². The molecule has 1 aliphatic rings. The summed E-state index contributed by atoms with van der Waals surface area (Å²) in [5.74, 6) is -0.256. The van der Waals surface area contributed by atoms with E-state index in [1.54, 1.807) is 0 Å². The summed E-state index contributed by atoms with van der Waals surface area (Å²) in [6.07, 6.45) is 0.439. The smallest absolute Gasteiger partial charge is 0.328 e. The number of hydrogen-bond donors (Lipinski definition) is 2. The minimum Gasteiger partial charge on any atom is -0.467 e. The Kier molecular flexibility index (Phi) is 5.33. The first-order valence-corrected chi connectivity index (χ1v) is 7.24. The third kappa shape index (κ3) is 4.04. The molecule has 5 heteroatoms. The van der Waals surface area contributed by atoms with Gasteiger partial charge in [-0.25, -0.2) is 4.79 Å². The lowest BCUT2D eigenvalue weighted by Crippen LogP contribution is -2.52. The van der Waals surface area contributed by atoms with Crippen LogP contribution < -0.4 is 10.6 Å². The Hall–Kier alpha value is -1.88. The van der Waals surface area contributed by atoms with Crippen molar-refractivity contribution in [2.24, 2.45) is 11.8 Å². The van der Waals surface area contributed by atoms with Crippen LogP contribution in [-0.2, 0) is 20.7 Å². The first kappa shape index (κ1) is 15.5. The van der Waals surface area contributed by atoms with Crippen LogP contribution in [0.4, 0.5) is 0 Å². The SMILES string of the molecule is COC(=O)C(Cc1ccccc1)NC(=O)C(C)C1CNC1. The fourth-order valence-corrected chi connectivity index (χ4v) is 2.37. The molecule has 0 radical (unpaired) electrons. The second kappa shape index (κ2) is 7.22. The predicted molar refractivity (Wildman–Crippen MR) is 79.6 cm³/mol. The van der Waals surface area contributed by atoms with Gasteiger partial charge >= 0.3 is 5.97 Å². The number of carbonyl (C=O) groups is 2. The number of benzene rings is 1. The van der Waals surface area contributed by atoms with E-state index in [0.29, 0.717) is 12.3 Å². The number of esters is 1. The minimum atomic E-state index is -0.639. The Balaban J connectivity index is 1.99. The fourth-order valence-electron chi connectivity index (χ4n) is 2.37. The summed E-state index contributed by atoms with van der Waals surface area (Å²) in [6.45, 7) is 3.62. The normalized spacial score (nSPS) is 17.4. The fraction of sp³-hybridized carbons (Fsp3) is 0.500. The molecule has 0 saturated carbocycles. The van der Waals surface area contributed by atoms with Crippen LogP contribution in [0, 0.1) is 11.8 Å². The van der Waals surface area contributed by atoms with E-state index in [9.17, 15) is 9.59 Å². The molecule has 2 unspecified atom stereocenters. The van der Waals surface area contributed by atoms with Gasteiger partial charge < -0.3 is 15.4 Å². The number of nitrogens with one attached hydrogen (secondary N) is 2. The molecule has 21 heavy (non-hydrogen) atoms. The van der Waals surface area contributed by atoms with E-state index >= 15 is 0 Å². The van der Waals surface area contributed by atoms with Crippen LogP contribution >= 0.6 is 0 Å². The van der Waals surface area contributed by atoms with Crippen molar-refractivity contribution in [2.75, 3.05) is 20.2 Å². The van der Waals surface area contributed by atoms with Crippen molar-refractivity contribution in [2.45, 2.75) is 19.4 Å². The zero-order chi connectivity index (χ0) is 15.2. The number of carbonyl (C=O) groups excluding carboxylic acids is 2. The number of rotatable bonds is 6. The maximum atomic E-state index is 12.3. The quantitative estimate of drug-likeness (QED) is 0.759. The van der Waals surface area contributed by atoms with Crippen molar-refractivity contribution < 1.29 is 14.3 Å². The number of methoxy groups -OCH3 is 1. The summed E-state index contributed by atoms with van der Waals surface area (Å²) in [4.78, 5) is 24.1. The Morgan fingerprint density at radius 1 is 1.33 bits per heavy atom. The molecule has 0 aliphatic carbocycles. The average molecular weight is 290 g/mol. The number of ether oxygens (including phenoxy) is 1. The van der Waals surface area contributed by atoms with E-state index in [4.69, 9.17) is 4.74 Å². The van der Waals surface area contributed by atoms with Crippen LogP contribution in [0.15, 0.2) is 30.3 Å². The van der Waals surface area contributed by atoms with Gasteiger partial charge in [0.2, 0.25) is 5.91 Å². The van der Waals surface area contributed by atoms with Crippen molar-refractivity contribution in [3.05, 3.63) is 35.9 Å². The topological polar surface area (TPSA) is 67.4 Å². The van der Waals surface area contributed by atoms with E-state index in [0.717, 1.165) is 18.7 Å². The van der Waals surface area contributed by atoms with Crippen molar-refractivity contribution in [1.82, 2.24) is 10.6 Å². The molecule has 1 fully saturated rings. The molecule has 1 aromatic rings. The maximum absolute atomic E-state index is 12.3. The molecule has 1 aromatic carbocycles. The molecule has 114 valence electrons. The van der Waals surface area contributed by atoms with Gasteiger partial charge in [-0.3, -0.25) is 4.79 Å². The first-order chi connectivity index (χ1) is 10.1. The molecular weight excluding hydrogens is 268 g/mol. The van der Waals surface area contributed by atoms with E-state index < -0.39 is 12.0 Å². The maximum Gasteiger partial charge on any atom is 0.328 e. The van der Waals surface area contributed by atoms with Crippen LogP contribution in [0.1, 0.15) is 12.5 Å². The van der Waals surface area contributed by atoms with Crippen LogP contribution in [0.3, 0.4) is 0 Å². The Bertz CT molecular complexity index is 486.